The van der Waals surface area contributed by atoms with Gasteiger partial charge in [-0.1, -0.05) is 60.2 Å². The topological polar surface area (TPSA) is 66.5 Å². The summed E-state index contributed by atoms with van der Waals surface area (Å²) in [6.45, 7) is 2.88. The van der Waals surface area contributed by atoms with Gasteiger partial charge in [0.05, 0.1) is 18.5 Å². The molecule has 5 nitrogen and oxygen atoms in total. The minimum atomic E-state index is -3.43. The molecule has 0 unspecified atom stereocenters. The zero-order valence-electron chi connectivity index (χ0n) is 18.3. The van der Waals surface area contributed by atoms with Gasteiger partial charge in [0, 0.05) is 23.6 Å². The average molecular weight is 469 g/mol. The lowest BCUT2D eigenvalue weighted by atomic mass is 10.1. The average Bonchev–Trinajstić information content (AvgIpc) is 2.77. The van der Waals surface area contributed by atoms with Crippen LogP contribution in [0.15, 0.2) is 78.9 Å². The van der Waals surface area contributed by atoms with E-state index in [0.717, 1.165) is 17.1 Å². The minimum absolute atomic E-state index is 0.129. The van der Waals surface area contributed by atoms with Gasteiger partial charge >= 0.3 is 0 Å². The zero-order chi connectivity index (χ0) is 23.0. The smallest absolute Gasteiger partial charge is 0.251 e. The fourth-order valence-electron chi connectivity index (χ4n) is 3.25. The number of anilines is 1. The second kappa shape index (κ2) is 11.2. The fraction of sp³-hybridized carbons (Fsp3) is 0.240. The number of benzene rings is 3. The molecule has 0 heterocycles. The lowest BCUT2D eigenvalue weighted by Crippen LogP contribution is -2.29. The van der Waals surface area contributed by atoms with Crippen molar-refractivity contribution < 1.29 is 13.2 Å². The molecule has 168 valence electrons. The van der Waals surface area contributed by atoms with E-state index in [-0.39, 0.29) is 12.5 Å². The lowest BCUT2D eigenvalue weighted by Gasteiger charge is -2.22. The molecule has 7 heteroatoms. The van der Waals surface area contributed by atoms with Crippen LogP contribution < -0.4 is 9.62 Å². The fourth-order valence-corrected chi connectivity index (χ4v) is 4.95. The van der Waals surface area contributed by atoms with E-state index >= 15 is 0 Å². The van der Waals surface area contributed by atoms with Crippen molar-refractivity contribution in [2.45, 2.75) is 19.2 Å². The number of amides is 1. The standard InChI is InChI=1S/C25H28N2O3S2/c1-20-7-6-8-22(17-20)19-31-16-15-26-25(28)23-13-11-21(12-14-23)18-27(32(2,29)30)24-9-4-3-5-10-24/h3-14,17H,15-16,18-19H2,1-2H3,(H,26,28). The largest absolute Gasteiger partial charge is 0.351 e. The lowest BCUT2D eigenvalue weighted by molar-refractivity contribution is 0.0956. The van der Waals surface area contributed by atoms with Crippen LogP contribution in [0, 0.1) is 6.92 Å². The number of aryl methyl sites for hydroxylation is 1. The van der Waals surface area contributed by atoms with Crippen LogP contribution in [0.25, 0.3) is 0 Å². The van der Waals surface area contributed by atoms with Crippen LogP contribution in [-0.4, -0.2) is 32.9 Å². The maximum atomic E-state index is 12.4. The first-order valence-electron chi connectivity index (χ1n) is 10.4. The molecule has 0 aliphatic heterocycles. The molecular weight excluding hydrogens is 440 g/mol. The Balaban J connectivity index is 1.50. The summed E-state index contributed by atoms with van der Waals surface area (Å²) < 4.78 is 25.9. The van der Waals surface area contributed by atoms with Gasteiger partial charge in [0.1, 0.15) is 0 Å². The summed E-state index contributed by atoms with van der Waals surface area (Å²) in [6.07, 6.45) is 1.19. The monoisotopic (exact) mass is 468 g/mol. The van der Waals surface area contributed by atoms with Crippen molar-refractivity contribution in [3.63, 3.8) is 0 Å². The molecule has 1 amide bonds. The molecule has 0 atom stereocenters. The molecule has 0 saturated carbocycles. The quantitative estimate of drug-likeness (QED) is 0.441. The molecule has 32 heavy (non-hydrogen) atoms. The number of nitrogens with zero attached hydrogens (tertiary/aromatic N) is 1. The first kappa shape index (κ1) is 23.9. The van der Waals surface area contributed by atoms with Crippen LogP contribution in [0.3, 0.4) is 0 Å². The first-order valence-corrected chi connectivity index (χ1v) is 13.4. The Hall–Kier alpha value is -2.77. The number of carbonyl (C=O) groups excluding carboxylic acids is 1. The van der Waals surface area contributed by atoms with Crippen LogP contribution in [-0.2, 0) is 22.3 Å². The highest BCUT2D eigenvalue weighted by atomic mass is 32.2. The van der Waals surface area contributed by atoms with E-state index < -0.39 is 10.0 Å². The molecule has 0 aliphatic rings. The molecule has 1 N–H and O–H groups in total. The number of hydrogen-bond donors (Lipinski definition) is 1. The van der Waals surface area contributed by atoms with Crippen molar-refractivity contribution in [3.8, 4) is 0 Å². The predicted molar refractivity (Wildman–Crippen MR) is 134 cm³/mol. The molecule has 0 radical (unpaired) electrons. The van der Waals surface area contributed by atoms with E-state index in [4.69, 9.17) is 0 Å². The number of carbonyl (C=O) groups is 1. The Morgan fingerprint density at radius 2 is 1.66 bits per heavy atom. The molecule has 0 aromatic heterocycles. The van der Waals surface area contributed by atoms with E-state index in [1.807, 2.05) is 6.07 Å². The highest BCUT2D eigenvalue weighted by Crippen LogP contribution is 2.20. The minimum Gasteiger partial charge on any atom is -0.351 e. The third kappa shape index (κ3) is 7.14. The number of thioether (sulfide) groups is 1. The predicted octanol–water partition coefficient (Wildman–Crippen LogP) is 4.62. The Bertz CT molecular complexity index is 1130. The summed E-state index contributed by atoms with van der Waals surface area (Å²) >= 11 is 1.78. The van der Waals surface area contributed by atoms with Crippen molar-refractivity contribution >= 4 is 33.4 Å². The zero-order valence-corrected chi connectivity index (χ0v) is 20.0. The van der Waals surface area contributed by atoms with Crippen molar-refractivity contribution in [2.24, 2.45) is 0 Å². The van der Waals surface area contributed by atoms with Crippen molar-refractivity contribution in [1.29, 1.82) is 0 Å². The molecule has 0 aliphatic carbocycles. The van der Waals surface area contributed by atoms with Crippen LogP contribution >= 0.6 is 11.8 Å². The van der Waals surface area contributed by atoms with Gasteiger partial charge in [0.25, 0.3) is 5.91 Å². The van der Waals surface area contributed by atoms with Gasteiger partial charge in [-0.3, -0.25) is 9.10 Å². The van der Waals surface area contributed by atoms with Crippen LogP contribution in [0.4, 0.5) is 5.69 Å². The highest BCUT2D eigenvalue weighted by molar-refractivity contribution is 7.98. The molecule has 0 spiro atoms. The Labute approximate surface area is 194 Å². The van der Waals surface area contributed by atoms with Crippen molar-refractivity contribution in [2.75, 3.05) is 22.9 Å². The normalized spacial score (nSPS) is 11.2. The van der Waals surface area contributed by atoms with E-state index in [0.29, 0.717) is 17.8 Å². The number of para-hydroxylation sites is 1. The number of hydrogen-bond acceptors (Lipinski definition) is 4. The molecular formula is C25H28N2O3S2. The molecule has 3 rings (SSSR count). The molecule has 3 aromatic carbocycles. The molecule has 0 bridgehead atoms. The Morgan fingerprint density at radius 3 is 2.31 bits per heavy atom. The van der Waals surface area contributed by atoms with E-state index in [9.17, 15) is 13.2 Å². The molecule has 0 fully saturated rings. The summed E-state index contributed by atoms with van der Waals surface area (Å²) in [6, 6.07) is 24.5. The van der Waals surface area contributed by atoms with Crippen LogP contribution in [0.1, 0.15) is 27.0 Å². The van der Waals surface area contributed by atoms with Gasteiger partial charge in [-0.2, -0.15) is 11.8 Å². The summed E-state index contributed by atoms with van der Waals surface area (Å²) in [4.78, 5) is 12.4. The van der Waals surface area contributed by atoms with Crippen molar-refractivity contribution in [1.82, 2.24) is 5.32 Å². The second-order valence-electron chi connectivity index (χ2n) is 7.60. The molecule has 0 saturated heterocycles. The van der Waals surface area contributed by atoms with Gasteiger partial charge in [-0.15, -0.1) is 0 Å². The van der Waals surface area contributed by atoms with E-state index in [2.05, 4.69) is 36.5 Å². The third-order valence-corrected chi connectivity index (χ3v) is 7.04. The number of sulfonamides is 1. The van der Waals surface area contributed by atoms with Crippen LogP contribution in [0.2, 0.25) is 0 Å². The second-order valence-corrected chi connectivity index (χ2v) is 10.6. The number of rotatable bonds is 10. The summed E-state index contributed by atoms with van der Waals surface area (Å²) in [5.74, 6) is 1.62. The Kier molecular flexibility index (Phi) is 8.36. The van der Waals surface area contributed by atoms with Gasteiger partial charge in [0.2, 0.25) is 10.0 Å². The first-order chi connectivity index (χ1) is 15.3. The highest BCUT2D eigenvalue weighted by Gasteiger charge is 2.17. The summed E-state index contributed by atoms with van der Waals surface area (Å²) in [5, 5.41) is 2.94. The van der Waals surface area contributed by atoms with Gasteiger partial charge < -0.3 is 5.32 Å². The SMILES string of the molecule is Cc1cccc(CSCCNC(=O)c2ccc(CN(c3ccccc3)S(C)(=O)=O)cc2)c1. The third-order valence-electron chi connectivity index (χ3n) is 4.87. The van der Waals surface area contributed by atoms with E-state index in [1.165, 1.54) is 21.7 Å². The van der Waals surface area contributed by atoms with E-state index in [1.54, 1.807) is 60.3 Å². The maximum absolute atomic E-state index is 12.4. The molecule has 3 aromatic rings. The summed E-state index contributed by atoms with van der Waals surface area (Å²) in [5.41, 5.74) is 4.52. The van der Waals surface area contributed by atoms with Crippen molar-refractivity contribution in [3.05, 3.63) is 101 Å². The van der Waals surface area contributed by atoms with Gasteiger partial charge in [-0.05, 0) is 42.3 Å². The number of nitrogens with one attached hydrogen (secondary N) is 1. The summed E-state index contributed by atoms with van der Waals surface area (Å²) in [7, 11) is -3.43. The van der Waals surface area contributed by atoms with Gasteiger partial charge in [-0.25, -0.2) is 8.42 Å². The van der Waals surface area contributed by atoms with Crippen LogP contribution in [0.5, 0.6) is 0 Å². The Morgan fingerprint density at radius 1 is 0.938 bits per heavy atom. The maximum Gasteiger partial charge on any atom is 0.251 e. The van der Waals surface area contributed by atoms with Gasteiger partial charge in [0.15, 0.2) is 0 Å².